The van der Waals surface area contributed by atoms with Crippen LogP contribution in [-0.2, 0) is 6.61 Å². The Bertz CT molecular complexity index is 532. The van der Waals surface area contributed by atoms with Gasteiger partial charge in [0.2, 0.25) is 0 Å². The zero-order valence-electron chi connectivity index (χ0n) is 11.1. The van der Waals surface area contributed by atoms with Crippen molar-refractivity contribution >= 4 is 6.29 Å². The third-order valence-electron chi connectivity index (χ3n) is 2.66. The van der Waals surface area contributed by atoms with E-state index < -0.39 is 0 Å². The van der Waals surface area contributed by atoms with Gasteiger partial charge in [-0.15, -0.1) is 13.2 Å². The number of carbonyl (C=O) groups excluding carboxylic acids is 1. The Morgan fingerprint density at radius 2 is 1.68 bits per heavy atom. The molecular weight excluding hydrogens is 236 g/mol. The zero-order valence-corrected chi connectivity index (χ0v) is 11.1. The minimum absolute atomic E-state index is 0.416. The fraction of sp³-hybridized carbons (Fsp3) is 0.118. The molecule has 0 aliphatic carbocycles. The molecule has 0 heterocycles. The van der Waals surface area contributed by atoms with Gasteiger partial charge in [0.05, 0.1) is 0 Å². The normalized spacial score (nSPS) is 9.11. The predicted octanol–water partition coefficient (Wildman–Crippen LogP) is 4.19. The molecule has 0 aliphatic heterocycles. The van der Waals surface area contributed by atoms with Crippen LogP contribution in [0.15, 0.2) is 61.7 Å². The molecule has 0 spiro atoms. The second-order valence-corrected chi connectivity index (χ2v) is 3.87. The second kappa shape index (κ2) is 7.88. The Morgan fingerprint density at radius 3 is 2.37 bits per heavy atom. The Balaban J connectivity index is 0.000000861. The van der Waals surface area contributed by atoms with Crippen LogP contribution in [0.5, 0.6) is 5.75 Å². The summed E-state index contributed by atoms with van der Waals surface area (Å²) in [6, 6.07) is 15.3. The van der Waals surface area contributed by atoms with E-state index >= 15 is 0 Å². The van der Waals surface area contributed by atoms with Crippen LogP contribution in [0.2, 0.25) is 0 Å². The van der Waals surface area contributed by atoms with E-state index in [1.807, 2.05) is 49.4 Å². The lowest BCUT2D eigenvalue weighted by atomic mass is 10.1. The highest BCUT2D eigenvalue weighted by Gasteiger charge is 2.02. The minimum Gasteiger partial charge on any atom is -0.489 e. The number of hydrogen-bond donors (Lipinski definition) is 0. The van der Waals surface area contributed by atoms with Gasteiger partial charge in [-0.25, -0.2) is 0 Å². The van der Waals surface area contributed by atoms with Gasteiger partial charge in [0, 0.05) is 5.56 Å². The molecule has 0 fully saturated rings. The first-order valence-corrected chi connectivity index (χ1v) is 6.03. The van der Waals surface area contributed by atoms with Gasteiger partial charge in [0.25, 0.3) is 0 Å². The van der Waals surface area contributed by atoms with Crippen molar-refractivity contribution in [1.82, 2.24) is 0 Å². The molecule has 19 heavy (non-hydrogen) atoms. The number of para-hydroxylation sites is 1. The molecule has 98 valence electrons. The third kappa shape index (κ3) is 4.11. The highest BCUT2D eigenvalue weighted by molar-refractivity contribution is 5.77. The molecule has 0 saturated heterocycles. The topological polar surface area (TPSA) is 26.3 Å². The Kier molecular flexibility index (Phi) is 6.10. The number of benzene rings is 2. The van der Waals surface area contributed by atoms with Crippen molar-refractivity contribution in [3.63, 3.8) is 0 Å². The van der Waals surface area contributed by atoms with Crippen LogP contribution in [0.4, 0.5) is 0 Å². The highest BCUT2D eigenvalue weighted by atomic mass is 16.5. The summed E-state index contributed by atoms with van der Waals surface area (Å²) < 4.78 is 5.71. The van der Waals surface area contributed by atoms with Crippen molar-refractivity contribution in [2.24, 2.45) is 0 Å². The number of aldehydes is 1. The van der Waals surface area contributed by atoms with Gasteiger partial charge in [0.1, 0.15) is 18.6 Å². The Hall–Kier alpha value is -2.35. The first-order valence-electron chi connectivity index (χ1n) is 6.03. The molecule has 2 heteroatoms. The van der Waals surface area contributed by atoms with Crippen LogP contribution >= 0.6 is 0 Å². The largest absolute Gasteiger partial charge is 0.489 e. The summed E-state index contributed by atoms with van der Waals surface area (Å²) in [6.07, 6.45) is 0.858. The fourth-order valence-corrected chi connectivity index (χ4v) is 1.65. The van der Waals surface area contributed by atoms with Crippen LogP contribution in [0.1, 0.15) is 21.5 Å². The van der Waals surface area contributed by atoms with E-state index in [1.165, 1.54) is 0 Å². The lowest BCUT2D eigenvalue weighted by Gasteiger charge is -2.09. The maximum absolute atomic E-state index is 10.9. The molecule has 0 aliphatic rings. The van der Waals surface area contributed by atoms with Gasteiger partial charge >= 0.3 is 0 Å². The first-order chi connectivity index (χ1) is 9.31. The SMILES string of the molecule is C=C.Cc1ccccc1OCc1ccccc1C=O. The molecule has 0 atom stereocenters. The maximum Gasteiger partial charge on any atom is 0.150 e. The number of aryl methyl sites for hydroxylation is 1. The monoisotopic (exact) mass is 254 g/mol. The number of rotatable bonds is 4. The first kappa shape index (κ1) is 14.7. The standard InChI is InChI=1S/C15H14O2.C2H4/c1-12-6-2-5-9-15(12)17-11-14-8-4-3-7-13(14)10-16;1-2/h2-10H,11H2,1H3;1-2H2. The van der Waals surface area contributed by atoms with E-state index in [-0.39, 0.29) is 0 Å². The smallest absolute Gasteiger partial charge is 0.150 e. The van der Waals surface area contributed by atoms with E-state index in [0.29, 0.717) is 12.2 Å². The van der Waals surface area contributed by atoms with Crippen molar-refractivity contribution in [3.8, 4) is 5.75 Å². The molecule has 0 unspecified atom stereocenters. The third-order valence-corrected chi connectivity index (χ3v) is 2.66. The molecule has 2 rings (SSSR count). The zero-order chi connectivity index (χ0) is 14.1. The van der Waals surface area contributed by atoms with Crippen LogP contribution in [0.3, 0.4) is 0 Å². The summed E-state index contributed by atoms with van der Waals surface area (Å²) in [7, 11) is 0. The van der Waals surface area contributed by atoms with Crippen LogP contribution in [-0.4, -0.2) is 6.29 Å². The lowest BCUT2D eigenvalue weighted by molar-refractivity contribution is 0.112. The molecule has 0 aromatic heterocycles. The van der Waals surface area contributed by atoms with Gasteiger partial charge in [-0.05, 0) is 24.1 Å². The number of ether oxygens (including phenoxy) is 1. The number of carbonyl (C=O) groups is 1. The van der Waals surface area contributed by atoms with Crippen LogP contribution in [0, 0.1) is 6.92 Å². The van der Waals surface area contributed by atoms with Gasteiger partial charge < -0.3 is 4.74 Å². The molecule has 0 amide bonds. The van der Waals surface area contributed by atoms with Crippen LogP contribution in [0.25, 0.3) is 0 Å². The van der Waals surface area contributed by atoms with Crippen molar-refractivity contribution in [2.45, 2.75) is 13.5 Å². The lowest BCUT2D eigenvalue weighted by Crippen LogP contribution is -2.00. The summed E-state index contributed by atoms with van der Waals surface area (Å²) in [4.78, 5) is 10.9. The number of hydrogen-bond acceptors (Lipinski definition) is 2. The summed E-state index contributed by atoms with van der Waals surface area (Å²) in [6.45, 7) is 8.42. The van der Waals surface area contributed by atoms with E-state index in [0.717, 1.165) is 23.2 Å². The molecule has 0 saturated carbocycles. The highest BCUT2D eigenvalue weighted by Crippen LogP contribution is 2.18. The van der Waals surface area contributed by atoms with Gasteiger partial charge in [-0.1, -0.05) is 42.5 Å². The van der Waals surface area contributed by atoms with Gasteiger partial charge in [0.15, 0.2) is 0 Å². The van der Waals surface area contributed by atoms with E-state index in [1.54, 1.807) is 6.07 Å². The van der Waals surface area contributed by atoms with Gasteiger partial charge in [-0.2, -0.15) is 0 Å². The molecular formula is C17H18O2. The van der Waals surface area contributed by atoms with Crippen molar-refractivity contribution in [1.29, 1.82) is 0 Å². The van der Waals surface area contributed by atoms with E-state index in [4.69, 9.17) is 4.74 Å². The van der Waals surface area contributed by atoms with E-state index in [2.05, 4.69) is 13.2 Å². The second-order valence-electron chi connectivity index (χ2n) is 3.87. The van der Waals surface area contributed by atoms with Crippen molar-refractivity contribution in [3.05, 3.63) is 78.4 Å². The Morgan fingerprint density at radius 1 is 1.05 bits per heavy atom. The average molecular weight is 254 g/mol. The van der Waals surface area contributed by atoms with Gasteiger partial charge in [-0.3, -0.25) is 4.79 Å². The quantitative estimate of drug-likeness (QED) is 0.604. The molecule has 2 aromatic carbocycles. The average Bonchev–Trinajstić information content (AvgIpc) is 2.49. The molecule has 2 nitrogen and oxygen atoms in total. The maximum atomic E-state index is 10.9. The van der Waals surface area contributed by atoms with Crippen molar-refractivity contribution in [2.75, 3.05) is 0 Å². The minimum atomic E-state index is 0.416. The molecule has 0 bridgehead atoms. The van der Waals surface area contributed by atoms with E-state index in [9.17, 15) is 4.79 Å². The predicted molar refractivity (Wildman–Crippen MR) is 78.6 cm³/mol. The van der Waals surface area contributed by atoms with Crippen molar-refractivity contribution < 1.29 is 9.53 Å². The molecule has 0 radical (unpaired) electrons. The summed E-state index contributed by atoms with van der Waals surface area (Å²) in [5, 5.41) is 0. The molecule has 2 aromatic rings. The Labute approximate surface area is 114 Å². The van der Waals surface area contributed by atoms with Crippen LogP contribution < -0.4 is 4.74 Å². The summed E-state index contributed by atoms with van der Waals surface area (Å²) in [5.41, 5.74) is 2.68. The molecule has 0 N–H and O–H groups in total. The summed E-state index contributed by atoms with van der Waals surface area (Å²) >= 11 is 0. The fourth-order valence-electron chi connectivity index (χ4n) is 1.65. The summed E-state index contributed by atoms with van der Waals surface area (Å²) in [5.74, 6) is 0.855.